The normalized spacial score (nSPS) is 32.6. The highest BCUT2D eigenvalue weighted by Gasteiger charge is 2.59. The van der Waals surface area contributed by atoms with E-state index < -0.39 is 165 Å². The molecule has 3 saturated heterocycles. The van der Waals surface area contributed by atoms with Crippen LogP contribution in [0.3, 0.4) is 0 Å². The van der Waals surface area contributed by atoms with Gasteiger partial charge >= 0.3 is 53.7 Å². The number of ether oxygens (including phenoxy) is 14. The third kappa shape index (κ3) is 15.4. The van der Waals surface area contributed by atoms with Gasteiger partial charge in [-0.05, 0) is 6.92 Å². The van der Waals surface area contributed by atoms with Gasteiger partial charge in [0.1, 0.15) is 43.7 Å². The van der Waals surface area contributed by atoms with Crippen LogP contribution in [0.2, 0.25) is 0 Å². The van der Waals surface area contributed by atoms with E-state index in [1.165, 1.54) is 6.92 Å². The first kappa shape index (κ1) is 51.8. The van der Waals surface area contributed by atoms with Gasteiger partial charge in [-0.1, -0.05) is 0 Å². The number of carbonyl (C=O) groups is 10. The van der Waals surface area contributed by atoms with E-state index in [0.29, 0.717) is 0 Å². The van der Waals surface area contributed by atoms with Gasteiger partial charge in [0.15, 0.2) is 49.2 Å². The van der Waals surface area contributed by atoms with Crippen molar-refractivity contribution in [3.8, 4) is 0 Å². The van der Waals surface area contributed by atoms with Crippen LogP contribution in [0.4, 0.5) is 0 Å². The van der Waals surface area contributed by atoms with Crippen LogP contribution in [0.25, 0.3) is 0 Å². The Morgan fingerprint density at radius 2 is 0.730 bits per heavy atom. The zero-order chi connectivity index (χ0) is 47.5. The van der Waals surface area contributed by atoms with Crippen LogP contribution in [0.1, 0.15) is 76.2 Å². The number of hydrogen-bond acceptors (Lipinski definition) is 24. The van der Waals surface area contributed by atoms with Crippen molar-refractivity contribution in [2.24, 2.45) is 0 Å². The molecule has 0 aromatic rings. The standard InChI is InChI=1S/C38H53NO24/c1-14-28(53-18(5)43)32(55-20(7)45)34(57-22(9)47)37(52-14)63-31-27(39-15(2)40)36(59-24(11)49)60-25(12-50-16(3)41)29(31)62-38-35(58-23(10)48)33(56-21(8)46)30(54-19(6)44)26(61-38)13-51-17(4)42/h14,25-38H,12-13H2,1-11H3,(H,39,40)/t14-,25+,26+,27+,28+,29+,30-,31+,32+,33-,34-,35+,36+,37-,38-/m0/s1. The molecule has 0 bridgehead atoms. The smallest absolute Gasteiger partial charge is 0.305 e. The Morgan fingerprint density at radius 1 is 0.381 bits per heavy atom. The number of amides is 1. The van der Waals surface area contributed by atoms with E-state index in [4.69, 9.17) is 66.3 Å². The maximum Gasteiger partial charge on any atom is 0.305 e. The molecule has 3 rings (SSSR count). The zero-order valence-electron chi connectivity index (χ0n) is 36.4. The van der Waals surface area contributed by atoms with Crippen molar-refractivity contribution in [1.82, 2.24) is 5.32 Å². The van der Waals surface area contributed by atoms with Crippen LogP contribution in [-0.2, 0) is 114 Å². The Labute approximate surface area is 360 Å². The van der Waals surface area contributed by atoms with Gasteiger partial charge < -0.3 is 71.6 Å². The predicted octanol–water partition coefficient (Wildman–Crippen LogP) is -1.26. The van der Waals surface area contributed by atoms with Crippen LogP contribution in [-0.4, -0.2) is 165 Å². The number of carbonyl (C=O) groups excluding carboxylic acids is 10. The minimum Gasteiger partial charge on any atom is -0.463 e. The van der Waals surface area contributed by atoms with E-state index in [1.54, 1.807) is 0 Å². The summed E-state index contributed by atoms with van der Waals surface area (Å²) in [6.45, 7) is 10.3. The molecule has 0 aromatic heterocycles. The lowest BCUT2D eigenvalue weighted by Gasteiger charge is -2.51. The van der Waals surface area contributed by atoms with E-state index in [9.17, 15) is 47.9 Å². The molecule has 0 saturated carbocycles. The quantitative estimate of drug-likeness (QED) is 0.139. The van der Waals surface area contributed by atoms with E-state index in [1.807, 2.05) is 0 Å². The molecule has 0 unspecified atom stereocenters. The van der Waals surface area contributed by atoms with Crippen LogP contribution in [0.5, 0.6) is 0 Å². The highest BCUT2D eigenvalue weighted by molar-refractivity contribution is 5.74. The molecule has 1 amide bonds. The van der Waals surface area contributed by atoms with Gasteiger partial charge in [0, 0.05) is 69.2 Å². The summed E-state index contributed by atoms with van der Waals surface area (Å²) in [6.07, 6.45) is -23.6. The monoisotopic (exact) mass is 907 g/mol. The minimum absolute atomic E-state index is 0.669. The van der Waals surface area contributed by atoms with Crippen molar-refractivity contribution in [3.63, 3.8) is 0 Å². The van der Waals surface area contributed by atoms with Gasteiger partial charge in [0.2, 0.25) is 12.2 Å². The van der Waals surface area contributed by atoms with E-state index in [0.717, 1.165) is 69.2 Å². The molecule has 354 valence electrons. The number of rotatable bonds is 16. The fraction of sp³-hybridized carbons (Fsp3) is 0.737. The van der Waals surface area contributed by atoms with E-state index in [-0.39, 0.29) is 0 Å². The summed E-state index contributed by atoms with van der Waals surface area (Å²) in [7, 11) is 0. The van der Waals surface area contributed by atoms with Gasteiger partial charge in [0.05, 0.1) is 6.10 Å². The number of esters is 9. The molecule has 15 atom stereocenters. The van der Waals surface area contributed by atoms with Crippen molar-refractivity contribution >= 4 is 59.6 Å². The lowest BCUT2D eigenvalue weighted by atomic mass is 9.94. The molecule has 0 radical (unpaired) electrons. The number of nitrogens with one attached hydrogen (secondary N) is 1. The maximum absolute atomic E-state index is 12.9. The minimum atomic E-state index is -1.97. The Morgan fingerprint density at radius 3 is 1.16 bits per heavy atom. The highest BCUT2D eigenvalue weighted by Crippen LogP contribution is 2.37. The first-order valence-corrected chi connectivity index (χ1v) is 19.4. The summed E-state index contributed by atoms with van der Waals surface area (Å²) < 4.78 is 80.2. The second kappa shape index (κ2) is 23.3. The summed E-state index contributed by atoms with van der Waals surface area (Å²) >= 11 is 0. The van der Waals surface area contributed by atoms with E-state index in [2.05, 4.69) is 5.32 Å². The van der Waals surface area contributed by atoms with Crippen molar-refractivity contribution in [1.29, 1.82) is 0 Å². The lowest BCUT2D eigenvalue weighted by Crippen LogP contribution is -2.70. The van der Waals surface area contributed by atoms with Gasteiger partial charge in [-0.25, -0.2) is 0 Å². The summed E-state index contributed by atoms with van der Waals surface area (Å²) in [6, 6.07) is -1.65. The average molecular weight is 908 g/mol. The number of hydrogen-bond donors (Lipinski definition) is 1. The second-order valence-corrected chi connectivity index (χ2v) is 14.4. The third-order valence-electron chi connectivity index (χ3n) is 8.91. The summed E-state index contributed by atoms with van der Waals surface area (Å²) in [4.78, 5) is 124. The molecular weight excluding hydrogens is 854 g/mol. The summed E-state index contributed by atoms with van der Waals surface area (Å²) in [5.74, 6) is -9.00. The average Bonchev–Trinajstić information content (AvgIpc) is 3.12. The van der Waals surface area contributed by atoms with Crippen molar-refractivity contribution in [2.75, 3.05) is 13.2 Å². The molecule has 25 nitrogen and oxygen atoms in total. The third-order valence-corrected chi connectivity index (χ3v) is 8.91. The molecule has 3 aliphatic heterocycles. The molecule has 3 fully saturated rings. The fourth-order valence-corrected chi connectivity index (χ4v) is 6.90. The van der Waals surface area contributed by atoms with Gasteiger partial charge in [0.25, 0.3) is 0 Å². The highest BCUT2D eigenvalue weighted by atomic mass is 16.8. The van der Waals surface area contributed by atoms with Crippen molar-refractivity contribution in [3.05, 3.63) is 0 Å². The van der Waals surface area contributed by atoms with Gasteiger partial charge in [-0.2, -0.15) is 0 Å². The van der Waals surface area contributed by atoms with Gasteiger partial charge in [-0.15, -0.1) is 0 Å². The molecular formula is C38H53NO24. The van der Waals surface area contributed by atoms with Crippen molar-refractivity contribution in [2.45, 2.75) is 168 Å². The van der Waals surface area contributed by atoms with Crippen LogP contribution < -0.4 is 5.32 Å². The zero-order valence-corrected chi connectivity index (χ0v) is 36.4. The molecule has 25 heteroatoms. The van der Waals surface area contributed by atoms with Crippen LogP contribution in [0.15, 0.2) is 0 Å². The fourth-order valence-electron chi connectivity index (χ4n) is 6.90. The molecule has 1 N–H and O–H groups in total. The first-order chi connectivity index (χ1) is 29.4. The Kier molecular flexibility index (Phi) is 19.1. The van der Waals surface area contributed by atoms with Crippen LogP contribution >= 0.6 is 0 Å². The Hall–Kier alpha value is -5.50. The SMILES string of the molecule is CC(=O)N[C@H]1[C@H](OC(C)=O)O[C@H](COC(C)=O)[C@@H](O[C@@H]2O[C@H](COC(C)=O)[C@H](OC(C)=O)[C@H](OC(C)=O)[C@H]2OC(C)=O)[C@@H]1O[C@@H]1O[C@@H](C)[C@@H](OC(C)=O)[C@@H](OC(C)=O)[C@@H]1OC(C)=O. The molecule has 0 spiro atoms. The molecule has 63 heavy (non-hydrogen) atoms. The molecule has 3 heterocycles. The molecule has 0 aliphatic carbocycles. The Bertz CT molecular complexity index is 1720. The molecule has 3 aliphatic rings. The van der Waals surface area contributed by atoms with Crippen LogP contribution in [0, 0.1) is 0 Å². The lowest BCUT2D eigenvalue weighted by molar-refractivity contribution is -0.371. The summed E-state index contributed by atoms with van der Waals surface area (Å²) in [5, 5.41) is 2.54. The second-order valence-electron chi connectivity index (χ2n) is 14.4. The Balaban J connectivity index is 2.35. The first-order valence-electron chi connectivity index (χ1n) is 19.4. The van der Waals surface area contributed by atoms with E-state index >= 15 is 0 Å². The largest absolute Gasteiger partial charge is 0.463 e. The predicted molar refractivity (Wildman–Crippen MR) is 197 cm³/mol. The van der Waals surface area contributed by atoms with Gasteiger partial charge in [-0.3, -0.25) is 47.9 Å². The maximum atomic E-state index is 12.9. The topological polar surface area (TPSA) is 312 Å². The van der Waals surface area contributed by atoms with Crippen molar-refractivity contribution < 1.29 is 114 Å². The summed E-state index contributed by atoms with van der Waals surface area (Å²) in [5.41, 5.74) is 0. The molecule has 0 aromatic carbocycles.